The molecule has 0 spiro atoms. The maximum Gasteiger partial charge on any atom is 0.192 e. The van der Waals surface area contributed by atoms with Crippen molar-refractivity contribution in [2.45, 2.75) is 77.3 Å². The minimum Gasteiger partial charge on any atom is -0.414 e. The third kappa shape index (κ3) is 6.00. The summed E-state index contributed by atoms with van der Waals surface area (Å²) >= 11 is 0. The summed E-state index contributed by atoms with van der Waals surface area (Å²) in [6, 6.07) is 0. The summed E-state index contributed by atoms with van der Waals surface area (Å²) in [5.74, 6) is 0. The molecular weight excluding hydrogens is 232 g/mol. The van der Waals surface area contributed by atoms with Crippen molar-refractivity contribution in [3.63, 3.8) is 0 Å². The van der Waals surface area contributed by atoms with E-state index in [1.807, 2.05) is 0 Å². The monoisotopic (exact) mass is 262 g/mol. The molecule has 0 saturated heterocycles. The second-order valence-corrected chi connectivity index (χ2v) is 11.1. The van der Waals surface area contributed by atoms with Gasteiger partial charge in [-0.15, -0.1) is 0 Å². The van der Waals surface area contributed by atoms with Crippen molar-refractivity contribution in [1.82, 2.24) is 0 Å². The van der Waals surface area contributed by atoms with Gasteiger partial charge in [0.15, 0.2) is 8.32 Å². The van der Waals surface area contributed by atoms with Crippen molar-refractivity contribution < 1.29 is 14.6 Å². The highest BCUT2D eigenvalue weighted by atomic mass is 28.4. The number of rotatable bonds is 7. The molecule has 0 aromatic heterocycles. The van der Waals surface area contributed by atoms with E-state index in [9.17, 15) is 5.11 Å². The molecule has 0 aliphatic rings. The van der Waals surface area contributed by atoms with Crippen LogP contribution in [0.1, 0.15) is 47.0 Å². The minimum absolute atomic E-state index is 0.0723. The molecule has 0 aliphatic heterocycles. The van der Waals surface area contributed by atoms with Crippen LogP contribution in [0.25, 0.3) is 0 Å². The van der Waals surface area contributed by atoms with Gasteiger partial charge in [-0.05, 0) is 24.6 Å². The van der Waals surface area contributed by atoms with Crippen LogP contribution in [-0.2, 0) is 4.43 Å². The molecule has 0 bridgehead atoms. The Hall–Kier alpha value is 0.0969. The van der Waals surface area contributed by atoms with Crippen molar-refractivity contribution in [3.05, 3.63) is 0 Å². The first-order valence-corrected chi connectivity index (χ1v) is 9.51. The quantitative estimate of drug-likeness (QED) is 0.694. The van der Waals surface area contributed by atoms with E-state index in [0.717, 1.165) is 12.8 Å². The first-order valence-electron chi connectivity index (χ1n) is 6.60. The summed E-state index contributed by atoms with van der Waals surface area (Å²) in [4.78, 5) is 0. The van der Waals surface area contributed by atoms with Gasteiger partial charge in [-0.25, -0.2) is 0 Å². The Morgan fingerprint density at radius 3 is 2.12 bits per heavy atom. The van der Waals surface area contributed by atoms with Crippen LogP contribution in [0.15, 0.2) is 0 Å². The van der Waals surface area contributed by atoms with E-state index in [0.29, 0.717) is 6.42 Å². The van der Waals surface area contributed by atoms with Gasteiger partial charge in [0.1, 0.15) is 0 Å². The third-order valence-electron chi connectivity index (χ3n) is 3.62. The average molecular weight is 262 g/mol. The maximum absolute atomic E-state index is 9.54. The van der Waals surface area contributed by atoms with E-state index in [1.165, 1.54) is 0 Å². The van der Waals surface area contributed by atoms with Crippen LogP contribution in [0, 0.1) is 0 Å². The predicted molar refractivity (Wildman–Crippen MR) is 74.7 cm³/mol. The fourth-order valence-corrected chi connectivity index (χ4v) is 2.92. The Kier molecular flexibility index (Phi) is 6.92. The van der Waals surface area contributed by atoms with Gasteiger partial charge in [0.25, 0.3) is 0 Å². The van der Waals surface area contributed by atoms with E-state index in [4.69, 9.17) is 9.53 Å². The first-order chi connectivity index (χ1) is 7.64. The number of hydrogen-bond donors (Lipinski definition) is 2. The molecule has 2 atom stereocenters. The Balaban J connectivity index is 4.53. The van der Waals surface area contributed by atoms with Crippen molar-refractivity contribution in [1.29, 1.82) is 0 Å². The van der Waals surface area contributed by atoms with Gasteiger partial charge in [-0.1, -0.05) is 34.1 Å². The normalized spacial score (nSPS) is 16.9. The van der Waals surface area contributed by atoms with E-state index in [2.05, 4.69) is 40.8 Å². The molecule has 4 heteroatoms. The first kappa shape index (κ1) is 17.1. The molecule has 0 heterocycles. The second-order valence-electron chi connectivity index (χ2n) is 6.36. The Morgan fingerprint density at radius 1 is 1.24 bits per heavy atom. The largest absolute Gasteiger partial charge is 0.414 e. The number of hydrogen-bond acceptors (Lipinski definition) is 3. The molecule has 0 radical (unpaired) electrons. The van der Waals surface area contributed by atoms with Crippen LogP contribution >= 0.6 is 0 Å². The summed E-state index contributed by atoms with van der Waals surface area (Å²) in [7, 11) is -1.78. The third-order valence-corrected chi connectivity index (χ3v) is 8.16. The molecule has 0 fully saturated rings. The standard InChI is InChI=1S/C13H30O3Si/c1-7-8-12(9-11(15)10-14)16-17(5,6)13(2,3)4/h11-12,14-15H,7-10H2,1-6H3/t11?,12-/m1/s1. The zero-order chi connectivity index (χ0) is 13.7. The lowest BCUT2D eigenvalue weighted by atomic mass is 10.1. The predicted octanol–water partition coefficient (Wildman–Crippen LogP) is 2.92. The molecule has 0 aromatic rings. The van der Waals surface area contributed by atoms with Gasteiger partial charge in [0.2, 0.25) is 0 Å². The Bertz CT molecular complexity index is 211. The molecule has 17 heavy (non-hydrogen) atoms. The molecule has 0 aromatic carbocycles. The van der Waals surface area contributed by atoms with E-state index < -0.39 is 14.4 Å². The zero-order valence-corrected chi connectivity index (χ0v) is 13.3. The molecule has 2 N–H and O–H groups in total. The van der Waals surface area contributed by atoms with Gasteiger partial charge in [-0.3, -0.25) is 0 Å². The zero-order valence-electron chi connectivity index (χ0n) is 12.3. The Labute approximate surface area is 107 Å². The molecule has 3 nitrogen and oxygen atoms in total. The summed E-state index contributed by atoms with van der Waals surface area (Å²) in [5.41, 5.74) is 0. The molecule has 0 aliphatic carbocycles. The van der Waals surface area contributed by atoms with Crippen LogP contribution in [0.3, 0.4) is 0 Å². The van der Waals surface area contributed by atoms with E-state index in [-0.39, 0.29) is 17.7 Å². The smallest absolute Gasteiger partial charge is 0.192 e. The van der Waals surface area contributed by atoms with Gasteiger partial charge in [0, 0.05) is 12.5 Å². The highest BCUT2D eigenvalue weighted by Crippen LogP contribution is 2.38. The molecule has 0 rings (SSSR count). The average Bonchev–Trinajstić information content (AvgIpc) is 2.15. The molecule has 104 valence electrons. The number of aliphatic hydroxyl groups is 2. The van der Waals surface area contributed by atoms with Crippen molar-refractivity contribution in [3.8, 4) is 0 Å². The van der Waals surface area contributed by atoms with Crippen LogP contribution in [0.4, 0.5) is 0 Å². The van der Waals surface area contributed by atoms with E-state index >= 15 is 0 Å². The van der Waals surface area contributed by atoms with Crippen LogP contribution in [0.2, 0.25) is 18.1 Å². The molecule has 1 unspecified atom stereocenters. The Morgan fingerprint density at radius 2 is 1.76 bits per heavy atom. The fourth-order valence-electron chi connectivity index (χ4n) is 1.52. The van der Waals surface area contributed by atoms with E-state index in [1.54, 1.807) is 0 Å². The lowest BCUT2D eigenvalue weighted by Gasteiger charge is -2.39. The SMILES string of the molecule is CCC[C@H](CC(O)CO)O[Si](C)(C)C(C)(C)C. The lowest BCUT2D eigenvalue weighted by molar-refractivity contribution is 0.0427. The second kappa shape index (κ2) is 6.88. The summed E-state index contributed by atoms with van der Waals surface area (Å²) < 4.78 is 6.28. The topological polar surface area (TPSA) is 49.7 Å². The van der Waals surface area contributed by atoms with Crippen LogP contribution < -0.4 is 0 Å². The summed E-state index contributed by atoms with van der Waals surface area (Å²) in [6.45, 7) is 13.0. The number of aliphatic hydroxyl groups excluding tert-OH is 2. The minimum atomic E-state index is -1.78. The van der Waals surface area contributed by atoms with Crippen LogP contribution in [-0.4, -0.2) is 37.3 Å². The maximum atomic E-state index is 9.54. The summed E-state index contributed by atoms with van der Waals surface area (Å²) in [6.07, 6.45) is 1.94. The van der Waals surface area contributed by atoms with Crippen molar-refractivity contribution >= 4 is 8.32 Å². The highest BCUT2D eigenvalue weighted by Gasteiger charge is 2.39. The summed E-state index contributed by atoms with van der Waals surface area (Å²) in [5, 5.41) is 18.6. The van der Waals surface area contributed by atoms with Gasteiger partial charge < -0.3 is 14.6 Å². The van der Waals surface area contributed by atoms with Gasteiger partial charge in [-0.2, -0.15) is 0 Å². The van der Waals surface area contributed by atoms with Crippen molar-refractivity contribution in [2.24, 2.45) is 0 Å². The highest BCUT2D eigenvalue weighted by molar-refractivity contribution is 6.74. The molecule has 0 saturated carbocycles. The van der Waals surface area contributed by atoms with Gasteiger partial charge >= 0.3 is 0 Å². The van der Waals surface area contributed by atoms with Crippen molar-refractivity contribution in [2.75, 3.05) is 6.61 Å². The van der Waals surface area contributed by atoms with Crippen LogP contribution in [0.5, 0.6) is 0 Å². The van der Waals surface area contributed by atoms with Gasteiger partial charge in [0.05, 0.1) is 12.7 Å². The lowest BCUT2D eigenvalue weighted by Crippen LogP contribution is -2.44. The fraction of sp³-hybridized carbons (Fsp3) is 1.00. The molecule has 0 amide bonds. The molecular formula is C13H30O3Si.